The molecule has 0 saturated carbocycles. The second-order valence-corrected chi connectivity index (χ2v) is 6.75. The van der Waals surface area contributed by atoms with Crippen molar-refractivity contribution in [2.24, 2.45) is 0 Å². The smallest absolute Gasteiger partial charge is 0.162 e. The number of fused-ring (bicyclic) bond motifs is 1. The molecule has 0 spiro atoms. The number of para-hydroxylation sites is 1. The van der Waals surface area contributed by atoms with Crippen molar-refractivity contribution in [2.45, 2.75) is 12.8 Å². The standard InChI is InChI=1S/C23H22FN3O/c1-27(15-16-28-19-7-3-2-4-8-19)23-20-9-5-6-10-21(20)25-22(26-23)17-11-13-18(24)14-12-17/h3,5-14H,2,4,15-16H2,1H3. The Morgan fingerprint density at radius 3 is 2.64 bits per heavy atom. The molecule has 142 valence electrons. The number of likely N-dealkylation sites (N-methyl/N-ethyl adjacent to an activating group) is 1. The largest absolute Gasteiger partial charge is 0.492 e. The van der Waals surface area contributed by atoms with Crippen LogP contribution in [0.5, 0.6) is 0 Å². The third-order valence-electron chi connectivity index (χ3n) is 4.70. The lowest BCUT2D eigenvalue weighted by Gasteiger charge is -2.21. The number of halogens is 1. The minimum atomic E-state index is -0.273. The molecule has 0 atom stereocenters. The lowest BCUT2D eigenvalue weighted by atomic mass is 10.1. The van der Waals surface area contributed by atoms with Crippen molar-refractivity contribution in [1.82, 2.24) is 9.97 Å². The van der Waals surface area contributed by atoms with Gasteiger partial charge in [0.15, 0.2) is 5.82 Å². The summed E-state index contributed by atoms with van der Waals surface area (Å²) in [6.07, 6.45) is 8.37. The zero-order valence-corrected chi connectivity index (χ0v) is 15.8. The molecular weight excluding hydrogens is 353 g/mol. The summed E-state index contributed by atoms with van der Waals surface area (Å²) < 4.78 is 19.1. The van der Waals surface area contributed by atoms with Crippen LogP contribution in [-0.2, 0) is 4.74 Å². The van der Waals surface area contributed by atoms with Crippen LogP contribution in [-0.4, -0.2) is 30.2 Å². The Kier molecular flexibility index (Phi) is 5.33. The van der Waals surface area contributed by atoms with E-state index in [2.05, 4.69) is 22.0 Å². The van der Waals surface area contributed by atoms with Gasteiger partial charge in [0.2, 0.25) is 0 Å². The van der Waals surface area contributed by atoms with Gasteiger partial charge in [-0.15, -0.1) is 0 Å². The summed E-state index contributed by atoms with van der Waals surface area (Å²) in [5.41, 5.74) is 1.65. The van der Waals surface area contributed by atoms with Crippen LogP contribution in [0, 0.1) is 5.82 Å². The zero-order valence-electron chi connectivity index (χ0n) is 15.8. The lowest BCUT2D eigenvalue weighted by Crippen LogP contribution is -2.24. The number of nitrogens with zero attached hydrogens (tertiary/aromatic N) is 3. The molecule has 28 heavy (non-hydrogen) atoms. The maximum atomic E-state index is 13.3. The van der Waals surface area contributed by atoms with E-state index in [1.54, 1.807) is 12.1 Å². The minimum absolute atomic E-state index is 0.273. The van der Waals surface area contributed by atoms with E-state index in [0.717, 1.165) is 40.9 Å². The second-order valence-electron chi connectivity index (χ2n) is 6.75. The quantitative estimate of drug-likeness (QED) is 0.599. The van der Waals surface area contributed by atoms with Crippen molar-refractivity contribution in [2.75, 3.05) is 25.1 Å². The zero-order chi connectivity index (χ0) is 19.3. The Morgan fingerprint density at radius 1 is 1.04 bits per heavy atom. The molecule has 0 N–H and O–H groups in total. The maximum absolute atomic E-state index is 13.3. The molecule has 0 bridgehead atoms. The Balaban J connectivity index is 1.60. The average Bonchev–Trinajstić information content (AvgIpc) is 2.74. The molecule has 0 amide bonds. The molecular formula is C23H22FN3O. The summed E-state index contributed by atoms with van der Waals surface area (Å²) in [5.74, 6) is 2.07. The van der Waals surface area contributed by atoms with Gasteiger partial charge in [0.25, 0.3) is 0 Å². The van der Waals surface area contributed by atoms with Gasteiger partial charge >= 0.3 is 0 Å². The topological polar surface area (TPSA) is 38.2 Å². The summed E-state index contributed by atoms with van der Waals surface area (Å²) in [6.45, 7) is 1.26. The number of hydrogen-bond donors (Lipinski definition) is 0. The summed E-state index contributed by atoms with van der Waals surface area (Å²) in [7, 11) is 2.00. The molecule has 0 saturated heterocycles. The SMILES string of the molecule is CN(CCOC1=CCCC=C1)c1nc(-c2ccc(F)cc2)nc2ccccc12. The van der Waals surface area contributed by atoms with Crippen molar-refractivity contribution in [1.29, 1.82) is 0 Å². The van der Waals surface area contributed by atoms with Crippen molar-refractivity contribution in [3.8, 4) is 11.4 Å². The maximum Gasteiger partial charge on any atom is 0.162 e. The first-order valence-corrected chi connectivity index (χ1v) is 9.44. The Morgan fingerprint density at radius 2 is 1.86 bits per heavy atom. The normalized spacial score (nSPS) is 13.4. The van der Waals surface area contributed by atoms with Crippen LogP contribution >= 0.6 is 0 Å². The fraction of sp³-hybridized carbons (Fsp3) is 0.217. The molecule has 1 aromatic heterocycles. The van der Waals surface area contributed by atoms with Crippen molar-refractivity contribution in [3.63, 3.8) is 0 Å². The van der Waals surface area contributed by atoms with E-state index >= 15 is 0 Å². The number of rotatable bonds is 6. The van der Waals surface area contributed by atoms with Crippen LogP contribution in [0.1, 0.15) is 12.8 Å². The molecule has 0 aliphatic heterocycles. The summed E-state index contributed by atoms with van der Waals surface area (Å²) >= 11 is 0. The predicted molar refractivity (Wildman–Crippen MR) is 111 cm³/mol. The highest BCUT2D eigenvalue weighted by Crippen LogP contribution is 2.27. The Hall–Kier alpha value is -3.21. The van der Waals surface area contributed by atoms with E-state index in [4.69, 9.17) is 9.72 Å². The summed E-state index contributed by atoms with van der Waals surface area (Å²) in [6, 6.07) is 14.2. The molecule has 0 radical (unpaired) electrons. The van der Waals surface area contributed by atoms with Gasteiger partial charge in [-0.05, 0) is 61.4 Å². The van der Waals surface area contributed by atoms with E-state index in [0.29, 0.717) is 19.0 Å². The molecule has 4 rings (SSSR count). The van der Waals surface area contributed by atoms with Crippen LogP contribution in [0.15, 0.2) is 72.5 Å². The fourth-order valence-electron chi connectivity index (χ4n) is 3.18. The number of allylic oxidation sites excluding steroid dienone is 3. The van der Waals surface area contributed by atoms with E-state index in [1.165, 1.54) is 12.1 Å². The monoisotopic (exact) mass is 375 g/mol. The van der Waals surface area contributed by atoms with Gasteiger partial charge in [0, 0.05) is 18.0 Å². The van der Waals surface area contributed by atoms with Gasteiger partial charge in [-0.2, -0.15) is 0 Å². The van der Waals surface area contributed by atoms with Crippen LogP contribution in [0.3, 0.4) is 0 Å². The molecule has 0 fully saturated rings. The van der Waals surface area contributed by atoms with Crippen molar-refractivity contribution < 1.29 is 9.13 Å². The molecule has 0 unspecified atom stereocenters. The van der Waals surface area contributed by atoms with Crippen LogP contribution in [0.4, 0.5) is 10.2 Å². The molecule has 1 heterocycles. The average molecular weight is 375 g/mol. The van der Waals surface area contributed by atoms with Gasteiger partial charge in [-0.3, -0.25) is 0 Å². The minimum Gasteiger partial charge on any atom is -0.492 e. The molecule has 4 nitrogen and oxygen atoms in total. The molecule has 1 aliphatic rings. The third kappa shape index (κ3) is 4.03. The van der Waals surface area contributed by atoms with Crippen molar-refractivity contribution >= 4 is 16.7 Å². The first-order chi connectivity index (χ1) is 13.7. The van der Waals surface area contributed by atoms with Gasteiger partial charge in [-0.1, -0.05) is 18.2 Å². The number of benzene rings is 2. The van der Waals surface area contributed by atoms with Crippen LogP contribution < -0.4 is 4.90 Å². The predicted octanol–water partition coefficient (Wildman–Crippen LogP) is 5.12. The molecule has 2 aromatic carbocycles. The number of anilines is 1. The van der Waals surface area contributed by atoms with Crippen LogP contribution in [0.2, 0.25) is 0 Å². The highest BCUT2D eigenvalue weighted by atomic mass is 19.1. The van der Waals surface area contributed by atoms with E-state index in [1.807, 2.05) is 37.4 Å². The van der Waals surface area contributed by atoms with E-state index in [9.17, 15) is 4.39 Å². The van der Waals surface area contributed by atoms with Crippen LogP contribution in [0.25, 0.3) is 22.3 Å². The van der Waals surface area contributed by atoms with Gasteiger partial charge in [0.05, 0.1) is 12.1 Å². The first kappa shape index (κ1) is 18.2. The lowest BCUT2D eigenvalue weighted by molar-refractivity contribution is 0.230. The molecule has 3 aromatic rings. The number of ether oxygens (including phenoxy) is 1. The fourth-order valence-corrected chi connectivity index (χ4v) is 3.18. The van der Waals surface area contributed by atoms with E-state index < -0.39 is 0 Å². The molecule has 1 aliphatic carbocycles. The highest BCUT2D eigenvalue weighted by Gasteiger charge is 2.13. The highest BCUT2D eigenvalue weighted by molar-refractivity contribution is 5.91. The van der Waals surface area contributed by atoms with Gasteiger partial charge < -0.3 is 9.64 Å². The second kappa shape index (κ2) is 8.21. The Bertz CT molecular complexity index is 1030. The van der Waals surface area contributed by atoms with Crippen molar-refractivity contribution in [3.05, 3.63) is 78.3 Å². The van der Waals surface area contributed by atoms with Gasteiger partial charge in [-0.25, -0.2) is 14.4 Å². The molecule has 5 heteroatoms. The number of hydrogen-bond acceptors (Lipinski definition) is 4. The summed E-state index contributed by atoms with van der Waals surface area (Å²) in [4.78, 5) is 11.5. The Labute approximate surface area is 164 Å². The summed E-state index contributed by atoms with van der Waals surface area (Å²) in [5, 5.41) is 0.979. The number of aromatic nitrogens is 2. The first-order valence-electron chi connectivity index (χ1n) is 9.44. The third-order valence-corrected chi connectivity index (χ3v) is 4.70. The van der Waals surface area contributed by atoms with Gasteiger partial charge in [0.1, 0.15) is 24.0 Å². The van der Waals surface area contributed by atoms with E-state index in [-0.39, 0.29) is 5.82 Å².